The molecule has 0 saturated carbocycles. The van der Waals surface area contributed by atoms with Crippen LogP contribution in [0.2, 0.25) is 0 Å². The normalized spacial score (nSPS) is 12.8. The average Bonchev–Trinajstić information content (AvgIpc) is 2.85. The molecule has 102 valence electrons. The second kappa shape index (κ2) is 5.81. The molecule has 0 aliphatic rings. The highest BCUT2D eigenvalue weighted by Gasteiger charge is 2.15. The molecule has 1 aromatic heterocycles. The fraction of sp³-hybridized carbons (Fsp3) is 0.385. The van der Waals surface area contributed by atoms with Crippen molar-refractivity contribution in [2.24, 2.45) is 5.73 Å². The van der Waals surface area contributed by atoms with Gasteiger partial charge in [-0.2, -0.15) is 4.98 Å². The van der Waals surface area contributed by atoms with E-state index in [4.69, 9.17) is 10.3 Å². The van der Waals surface area contributed by atoms with Crippen LogP contribution in [0.25, 0.3) is 0 Å². The Morgan fingerprint density at radius 3 is 2.89 bits per heavy atom. The summed E-state index contributed by atoms with van der Waals surface area (Å²) in [5.74, 6) is 1.31. The minimum absolute atomic E-state index is 0.131. The number of aromatic nitrogens is 2. The number of phenolic OH excluding ortho intramolecular Hbond substituents is 1. The minimum atomic E-state index is 0.131. The highest BCUT2D eigenvalue weighted by molar-refractivity contribution is 5.29. The van der Waals surface area contributed by atoms with Gasteiger partial charge in [0.25, 0.3) is 0 Å². The third-order valence-electron chi connectivity index (χ3n) is 3.09. The zero-order valence-electron chi connectivity index (χ0n) is 11.1. The number of hydrogen-bond acceptors (Lipinski definition) is 6. The van der Waals surface area contributed by atoms with E-state index in [1.165, 1.54) is 0 Å². The van der Waals surface area contributed by atoms with Gasteiger partial charge in [0, 0.05) is 6.04 Å². The Hall–Kier alpha value is -1.92. The van der Waals surface area contributed by atoms with Crippen LogP contribution in [0.1, 0.15) is 30.2 Å². The standard InChI is InChI=1S/C13H18N4O2/c1-9(10-4-3-5-11(18)6-10)17(2)8-12-15-13(7-14)19-16-12/h3-6,9,18H,7-8,14H2,1-2H3. The molecule has 0 bridgehead atoms. The van der Waals surface area contributed by atoms with E-state index in [0.29, 0.717) is 18.3 Å². The Morgan fingerprint density at radius 1 is 1.47 bits per heavy atom. The van der Waals surface area contributed by atoms with Crippen LogP contribution in [0.15, 0.2) is 28.8 Å². The van der Waals surface area contributed by atoms with Crippen molar-refractivity contribution in [1.82, 2.24) is 15.0 Å². The number of rotatable bonds is 5. The van der Waals surface area contributed by atoms with E-state index in [9.17, 15) is 5.11 Å². The Kier molecular flexibility index (Phi) is 4.13. The van der Waals surface area contributed by atoms with Crippen LogP contribution in [0, 0.1) is 0 Å². The third kappa shape index (κ3) is 3.30. The first-order chi connectivity index (χ1) is 9.10. The summed E-state index contributed by atoms with van der Waals surface area (Å²) in [6.45, 7) is 2.86. The first kappa shape index (κ1) is 13.5. The summed E-state index contributed by atoms with van der Waals surface area (Å²) in [5.41, 5.74) is 6.46. The van der Waals surface area contributed by atoms with Gasteiger partial charge in [-0.05, 0) is 31.7 Å². The van der Waals surface area contributed by atoms with Crippen molar-refractivity contribution in [3.05, 3.63) is 41.5 Å². The summed E-state index contributed by atoms with van der Waals surface area (Å²) >= 11 is 0. The fourth-order valence-corrected chi connectivity index (χ4v) is 1.84. The predicted octanol–water partition coefficient (Wildman–Crippen LogP) is 1.43. The SMILES string of the molecule is CC(c1cccc(O)c1)N(C)Cc1noc(CN)n1. The van der Waals surface area contributed by atoms with Gasteiger partial charge in [0.2, 0.25) is 5.89 Å². The Bertz CT molecular complexity index is 541. The second-order valence-electron chi connectivity index (χ2n) is 4.49. The van der Waals surface area contributed by atoms with Gasteiger partial charge in [0.05, 0.1) is 13.1 Å². The van der Waals surface area contributed by atoms with Crippen molar-refractivity contribution < 1.29 is 9.63 Å². The summed E-state index contributed by atoms with van der Waals surface area (Å²) in [5, 5.41) is 13.4. The van der Waals surface area contributed by atoms with Crippen molar-refractivity contribution in [3.63, 3.8) is 0 Å². The van der Waals surface area contributed by atoms with Crippen molar-refractivity contribution in [2.75, 3.05) is 7.05 Å². The molecule has 3 N–H and O–H groups in total. The number of phenols is 1. The van der Waals surface area contributed by atoms with Gasteiger partial charge >= 0.3 is 0 Å². The molecule has 1 aromatic carbocycles. The molecule has 1 heterocycles. The molecule has 0 saturated heterocycles. The van der Waals surface area contributed by atoms with Crippen molar-refractivity contribution in [1.29, 1.82) is 0 Å². The van der Waals surface area contributed by atoms with E-state index in [1.54, 1.807) is 12.1 Å². The minimum Gasteiger partial charge on any atom is -0.508 e. The quantitative estimate of drug-likeness (QED) is 0.847. The molecule has 0 aliphatic heterocycles. The fourth-order valence-electron chi connectivity index (χ4n) is 1.84. The van der Waals surface area contributed by atoms with Gasteiger partial charge in [-0.3, -0.25) is 4.90 Å². The van der Waals surface area contributed by atoms with Crippen LogP contribution in [0.3, 0.4) is 0 Å². The molecule has 0 aliphatic carbocycles. The lowest BCUT2D eigenvalue weighted by Gasteiger charge is -2.23. The molecule has 0 amide bonds. The lowest BCUT2D eigenvalue weighted by atomic mass is 10.1. The van der Waals surface area contributed by atoms with E-state index < -0.39 is 0 Å². The number of nitrogens with two attached hydrogens (primary N) is 1. The van der Waals surface area contributed by atoms with Crippen molar-refractivity contribution >= 4 is 0 Å². The van der Waals surface area contributed by atoms with Crippen LogP contribution < -0.4 is 5.73 Å². The van der Waals surface area contributed by atoms with Gasteiger partial charge in [-0.15, -0.1) is 0 Å². The molecule has 0 radical (unpaired) electrons. The van der Waals surface area contributed by atoms with Crippen LogP contribution >= 0.6 is 0 Å². The Morgan fingerprint density at radius 2 is 2.26 bits per heavy atom. The van der Waals surface area contributed by atoms with Gasteiger partial charge in [-0.1, -0.05) is 17.3 Å². The van der Waals surface area contributed by atoms with Crippen molar-refractivity contribution in [3.8, 4) is 5.75 Å². The van der Waals surface area contributed by atoms with E-state index in [2.05, 4.69) is 22.0 Å². The molecule has 0 spiro atoms. The van der Waals surface area contributed by atoms with Gasteiger partial charge in [0.15, 0.2) is 5.82 Å². The van der Waals surface area contributed by atoms with Gasteiger partial charge in [0.1, 0.15) is 5.75 Å². The van der Waals surface area contributed by atoms with Crippen LogP contribution in [-0.2, 0) is 13.1 Å². The summed E-state index contributed by atoms with van der Waals surface area (Å²) in [6.07, 6.45) is 0. The molecule has 6 nitrogen and oxygen atoms in total. The van der Waals surface area contributed by atoms with E-state index >= 15 is 0 Å². The van der Waals surface area contributed by atoms with E-state index in [1.807, 2.05) is 19.2 Å². The number of hydrogen-bond donors (Lipinski definition) is 2. The monoisotopic (exact) mass is 262 g/mol. The zero-order valence-corrected chi connectivity index (χ0v) is 11.1. The molecule has 19 heavy (non-hydrogen) atoms. The summed E-state index contributed by atoms with van der Waals surface area (Å²) in [4.78, 5) is 6.24. The maximum absolute atomic E-state index is 9.50. The largest absolute Gasteiger partial charge is 0.508 e. The van der Waals surface area contributed by atoms with E-state index in [-0.39, 0.29) is 18.3 Å². The summed E-state index contributed by atoms with van der Waals surface area (Å²) < 4.78 is 4.97. The zero-order chi connectivity index (χ0) is 13.8. The van der Waals surface area contributed by atoms with Crippen LogP contribution in [0.4, 0.5) is 0 Å². The van der Waals surface area contributed by atoms with E-state index in [0.717, 1.165) is 5.56 Å². The molecule has 2 rings (SSSR count). The van der Waals surface area contributed by atoms with Gasteiger partial charge < -0.3 is 15.4 Å². The lowest BCUT2D eigenvalue weighted by Crippen LogP contribution is -2.22. The third-order valence-corrected chi connectivity index (χ3v) is 3.09. The predicted molar refractivity (Wildman–Crippen MR) is 70.2 cm³/mol. The summed E-state index contributed by atoms with van der Waals surface area (Å²) in [6, 6.07) is 7.34. The second-order valence-corrected chi connectivity index (χ2v) is 4.49. The molecule has 2 aromatic rings. The molecular weight excluding hydrogens is 244 g/mol. The topological polar surface area (TPSA) is 88.4 Å². The van der Waals surface area contributed by atoms with Gasteiger partial charge in [-0.25, -0.2) is 0 Å². The molecule has 1 unspecified atom stereocenters. The Labute approximate surface area is 111 Å². The number of nitrogens with zero attached hydrogens (tertiary/aromatic N) is 3. The highest BCUT2D eigenvalue weighted by atomic mass is 16.5. The summed E-state index contributed by atoms with van der Waals surface area (Å²) in [7, 11) is 1.97. The smallest absolute Gasteiger partial charge is 0.240 e. The molecule has 0 fully saturated rings. The number of aromatic hydroxyl groups is 1. The lowest BCUT2D eigenvalue weighted by molar-refractivity contribution is 0.242. The first-order valence-electron chi connectivity index (χ1n) is 6.11. The first-order valence-corrected chi connectivity index (χ1v) is 6.11. The average molecular weight is 262 g/mol. The Balaban J connectivity index is 2.04. The maximum Gasteiger partial charge on any atom is 0.240 e. The van der Waals surface area contributed by atoms with Crippen molar-refractivity contribution in [2.45, 2.75) is 26.1 Å². The molecular formula is C13H18N4O2. The molecule has 6 heteroatoms. The van der Waals surface area contributed by atoms with Crippen LogP contribution in [-0.4, -0.2) is 27.2 Å². The number of benzene rings is 1. The highest BCUT2D eigenvalue weighted by Crippen LogP contribution is 2.23. The maximum atomic E-state index is 9.50. The molecule has 1 atom stereocenters. The van der Waals surface area contributed by atoms with Crippen LogP contribution in [0.5, 0.6) is 5.75 Å².